The molecule has 97 valence electrons. The summed E-state index contributed by atoms with van der Waals surface area (Å²) in [5, 5.41) is 9.71. The van der Waals surface area contributed by atoms with Crippen LogP contribution in [0.1, 0.15) is 12.5 Å². The van der Waals surface area contributed by atoms with Gasteiger partial charge in [0.25, 0.3) is 0 Å². The largest absolute Gasteiger partial charge is 0.508 e. The molecule has 1 aliphatic rings. The first-order chi connectivity index (χ1) is 8.54. The Balaban J connectivity index is 0.00000180. The van der Waals surface area contributed by atoms with Gasteiger partial charge in [0.2, 0.25) is 0 Å². The number of phenolic OH excluding ortho intramolecular Hbond substituents is 1. The molecule has 1 radical (unpaired) electrons. The molecule has 0 aliphatic carbocycles. The number of hydrogen-bond donors (Lipinski definition) is 1. The fraction of sp³-hybridized carbons (Fsp3) is 0.143. The van der Waals surface area contributed by atoms with Gasteiger partial charge < -0.3 is 10.0 Å². The number of benzene rings is 1. The van der Waals surface area contributed by atoms with Crippen LogP contribution in [0.4, 0.5) is 4.39 Å². The molecule has 19 heavy (non-hydrogen) atoms. The first kappa shape index (κ1) is 16.4. The molecule has 1 N–H and O–H groups in total. The van der Waals surface area contributed by atoms with Crippen molar-refractivity contribution in [1.82, 2.24) is 4.90 Å². The summed E-state index contributed by atoms with van der Waals surface area (Å²) in [5.74, 6) is -0.613. The Labute approximate surface area is 142 Å². The van der Waals surface area contributed by atoms with E-state index in [9.17, 15) is 9.50 Å². The van der Waals surface area contributed by atoms with Crippen LogP contribution in [-0.2, 0) is 32.7 Å². The van der Waals surface area contributed by atoms with Crippen LogP contribution >= 0.6 is 11.6 Å². The minimum Gasteiger partial charge on any atom is -0.508 e. The van der Waals surface area contributed by atoms with Crippen molar-refractivity contribution in [3.8, 4) is 5.75 Å². The fourth-order valence-electron chi connectivity index (χ4n) is 1.83. The van der Waals surface area contributed by atoms with Gasteiger partial charge in [0.05, 0.1) is 5.82 Å². The van der Waals surface area contributed by atoms with E-state index in [-0.39, 0.29) is 38.5 Å². The molecule has 0 aromatic heterocycles. The van der Waals surface area contributed by atoms with E-state index >= 15 is 0 Å². The van der Waals surface area contributed by atoms with E-state index in [1.807, 2.05) is 6.92 Å². The minimum absolute atomic E-state index is 0. The minimum atomic E-state index is -0.504. The third kappa shape index (κ3) is 3.28. The van der Waals surface area contributed by atoms with Crippen molar-refractivity contribution in [1.29, 1.82) is 0 Å². The van der Waals surface area contributed by atoms with Crippen LogP contribution in [0.25, 0.3) is 5.70 Å². The van der Waals surface area contributed by atoms with Crippen molar-refractivity contribution in [2.24, 2.45) is 0 Å². The molecule has 0 unspecified atom stereocenters. The molecule has 1 aliphatic heterocycles. The number of aromatic hydroxyl groups is 1. The normalized spacial score (nSPS) is 14.7. The molecule has 2 nitrogen and oxygen atoms in total. The second kappa shape index (κ2) is 6.69. The van der Waals surface area contributed by atoms with Crippen LogP contribution in [0, 0.1) is 11.9 Å². The Hall–Kier alpha value is -0.636. The fourth-order valence-corrected chi connectivity index (χ4v) is 1.98. The molecule has 0 atom stereocenters. The van der Waals surface area contributed by atoms with Crippen LogP contribution in [0.15, 0.2) is 41.6 Å². The first-order valence-electron chi connectivity index (χ1n) is 5.49. The molecule has 0 saturated carbocycles. The topological polar surface area (TPSA) is 23.5 Å². The van der Waals surface area contributed by atoms with Gasteiger partial charge in [-0.1, -0.05) is 17.8 Å². The summed E-state index contributed by atoms with van der Waals surface area (Å²) in [7, 11) is 0. The van der Waals surface area contributed by atoms with Crippen LogP contribution in [0.3, 0.4) is 0 Å². The summed E-state index contributed by atoms with van der Waals surface area (Å²) in [6, 6.07) is 4.01. The second-order valence-corrected chi connectivity index (χ2v) is 4.25. The average molecular weight is 354 g/mol. The molecule has 0 amide bonds. The van der Waals surface area contributed by atoms with E-state index in [1.165, 1.54) is 12.1 Å². The maximum Gasteiger partial charge on any atom is 0.116 e. The molecule has 1 aromatic carbocycles. The van der Waals surface area contributed by atoms with Crippen molar-refractivity contribution in [2.45, 2.75) is 6.92 Å². The predicted octanol–water partition coefficient (Wildman–Crippen LogP) is 3.64. The molecule has 5 heteroatoms. The van der Waals surface area contributed by atoms with Gasteiger partial charge in [0, 0.05) is 45.3 Å². The van der Waals surface area contributed by atoms with Crippen LogP contribution in [-0.4, -0.2) is 16.6 Å². The van der Waals surface area contributed by atoms with Gasteiger partial charge in [0.15, 0.2) is 0 Å². The summed E-state index contributed by atoms with van der Waals surface area (Å²) in [4.78, 5) is 1.78. The van der Waals surface area contributed by atoms with Gasteiger partial charge in [-0.3, -0.25) is 0 Å². The zero-order valence-corrected chi connectivity index (χ0v) is 14.0. The Morgan fingerprint density at radius 2 is 2.16 bits per heavy atom. The van der Waals surface area contributed by atoms with Crippen molar-refractivity contribution in [2.75, 3.05) is 6.54 Å². The Kier molecular flexibility index (Phi) is 5.78. The third-order valence-corrected chi connectivity index (χ3v) is 3.06. The number of allylic oxidation sites excluding steroid dienone is 3. The van der Waals surface area contributed by atoms with E-state index < -0.39 is 5.82 Å². The molecular weight excluding hydrogens is 342 g/mol. The van der Waals surface area contributed by atoms with E-state index in [4.69, 9.17) is 11.6 Å². The summed E-state index contributed by atoms with van der Waals surface area (Å²) < 4.78 is 13.8. The van der Waals surface area contributed by atoms with Crippen molar-refractivity contribution in [3.05, 3.63) is 59.0 Å². The van der Waals surface area contributed by atoms with Crippen molar-refractivity contribution >= 4 is 17.3 Å². The van der Waals surface area contributed by atoms with E-state index in [0.717, 1.165) is 6.07 Å². The second-order valence-electron chi connectivity index (χ2n) is 3.84. The zero-order chi connectivity index (χ0) is 13.3. The standard InChI is InChI=1S/C14H12ClFNO.Y/c1-3-17-9(2)12(15)6-7-14(17)11-5-4-10(18)8-13(11)16;/h4-6,8,18H,2-3H2,1H3;/q-1;. The number of phenols is 1. The smallest absolute Gasteiger partial charge is 0.116 e. The molecule has 0 saturated heterocycles. The summed E-state index contributed by atoms with van der Waals surface area (Å²) in [6.07, 6.45) is 4.51. The van der Waals surface area contributed by atoms with Gasteiger partial charge in [-0.15, -0.1) is 6.07 Å². The van der Waals surface area contributed by atoms with Gasteiger partial charge in [0.1, 0.15) is 5.75 Å². The maximum absolute atomic E-state index is 13.8. The quantitative estimate of drug-likeness (QED) is 0.821. The number of nitrogens with zero attached hydrogens (tertiary/aromatic N) is 1. The maximum atomic E-state index is 13.8. The summed E-state index contributed by atoms with van der Waals surface area (Å²) in [6.45, 7) is 6.38. The number of halogens is 2. The van der Waals surface area contributed by atoms with Gasteiger partial charge in [-0.05, 0) is 23.7 Å². The first-order valence-corrected chi connectivity index (χ1v) is 5.87. The Morgan fingerprint density at radius 3 is 2.74 bits per heavy atom. The van der Waals surface area contributed by atoms with Gasteiger partial charge >= 0.3 is 0 Å². The average Bonchev–Trinajstić information content (AvgIpc) is 2.33. The van der Waals surface area contributed by atoms with Crippen molar-refractivity contribution < 1.29 is 42.2 Å². The van der Waals surface area contributed by atoms with Gasteiger partial charge in [-0.25, -0.2) is 4.39 Å². The van der Waals surface area contributed by atoms with Crippen LogP contribution in [0.5, 0.6) is 5.75 Å². The van der Waals surface area contributed by atoms with E-state index in [0.29, 0.717) is 28.5 Å². The molecule has 0 spiro atoms. The molecule has 2 rings (SSSR count). The number of hydrogen-bond acceptors (Lipinski definition) is 2. The Bertz CT molecular complexity index is 569. The van der Waals surface area contributed by atoms with Crippen molar-refractivity contribution in [3.63, 3.8) is 0 Å². The van der Waals surface area contributed by atoms with Gasteiger partial charge in [-0.2, -0.15) is 23.8 Å². The van der Waals surface area contributed by atoms with Crippen LogP contribution < -0.4 is 0 Å². The SMILES string of the molecule is C=C1C(Cl)=C[C-]=C(c2ccc(O)cc2F)N1CC.[Y]. The van der Waals surface area contributed by atoms with E-state index in [2.05, 4.69) is 12.7 Å². The third-order valence-electron chi connectivity index (χ3n) is 2.73. The van der Waals surface area contributed by atoms with E-state index in [1.54, 1.807) is 11.0 Å². The Morgan fingerprint density at radius 1 is 1.47 bits per heavy atom. The number of likely N-dealkylation sites (N-methyl/N-ethyl adjacent to an activating group) is 1. The molecule has 0 fully saturated rings. The zero-order valence-electron chi connectivity index (χ0n) is 10.5. The number of rotatable bonds is 2. The monoisotopic (exact) mass is 353 g/mol. The summed E-state index contributed by atoms with van der Waals surface area (Å²) in [5.41, 5.74) is 1.53. The molecular formula is C14H12ClFNOY-. The summed E-state index contributed by atoms with van der Waals surface area (Å²) >= 11 is 5.97. The molecule has 0 bridgehead atoms. The molecule has 1 heterocycles. The van der Waals surface area contributed by atoms with Crippen LogP contribution in [0.2, 0.25) is 0 Å². The predicted molar refractivity (Wildman–Crippen MR) is 70.2 cm³/mol. The molecule has 1 aromatic rings.